The van der Waals surface area contributed by atoms with Gasteiger partial charge in [-0.25, -0.2) is 13.1 Å². The van der Waals surface area contributed by atoms with E-state index in [9.17, 15) is 26.4 Å². The van der Waals surface area contributed by atoms with Gasteiger partial charge in [0.05, 0.1) is 10.4 Å². The van der Waals surface area contributed by atoms with E-state index in [0.717, 1.165) is 18.4 Å². The predicted octanol–water partition coefficient (Wildman–Crippen LogP) is 5.74. The molecule has 15 heteroatoms. The summed E-state index contributed by atoms with van der Waals surface area (Å²) in [5, 5.41) is 6.59. The number of aromatic nitrogens is 3. The van der Waals surface area contributed by atoms with Crippen LogP contribution in [-0.4, -0.2) is 42.1 Å². The smallest absolute Gasteiger partial charge is 0.422 e. The molecule has 1 aliphatic carbocycles. The zero-order valence-corrected chi connectivity index (χ0v) is 24.0. The van der Waals surface area contributed by atoms with Crippen LogP contribution < -0.4 is 20.1 Å². The Balaban J connectivity index is 1.34. The lowest BCUT2D eigenvalue weighted by molar-refractivity contribution is -0.154. The van der Waals surface area contributed by atoms with Crippen molar-refractivity contribution in [1.82, 2.24) is 19.7 Å². The highest BCUT2D eigenvalue weighted by atomic mass is 35.5. The fourth-order valence-electron chi connectivity index (χ4n) is 4.20. The van der Waals surface area contributed by atoms with E-state index in [1.165, 1.54) is 30.3 Å². The number of hydrogen-bond donors (Lipinski definition) is 3. The topological polar surface area (TPSA) is 135 Å². The van der Waals surface area contributed by atoms with Crippen LogP contribution in [0.25, 0.3) is 0 Å². The zero-order valence-electron chi connectivity index (χ0n) is 22.4. The van der Waals surface area contributed by atoms with Crippen molar-refractivity contribution in [2.75, 3.05) is 17.2 Å². The van der Waals surface area contributed by atoms with Crippen LogP contribution in [0.1, 0.15) is 34.3 Å². The molecule has 224 valence electrons. The van der Waals surface area contributed by atoms with Crippen LogP contribution in [0.15, 0.2) is 77.7 Å². The summed E-state index contributed by atoms with van der Waals surface area (Å²) in [4.78, 5) is 24.9. The molecule has 10 nitrogen and oxygen atoms in total. The van der Waals surface area contributed by atoms with Gasteiger partial charge < -0.3 is 15.4 Å². The van der Waals surface area contributed by atoms with Crippen molar-refractivity contribution < 1.29 is 31.1 Å². The zero-order chi connectivity index (χ0) is 30.8. The highest BCUT2D eigenvalue weighted by Gasteiger charge is 2.45. The number of anilines is 3. The van der Waals surface area contributed by atoms with E-state index in [2.05, 4.69) is 25.6 Å². The minimum absolute atomic E-state index is 0.0143. The van der Waals surface area contributed by atoms with Crippen molar-refractivity contribution >= 4 is 45.1 Å². The number of benzene rings is 3. The Morgan fingerprint density at radius 1 is 0.953 bits per heavy atom. The summed E-state index contributed by atoms with van der Waals surface area (Å²) in [6.07, 6.45) is -3.16. The number of carbonyl (C=O) groups is 1. The number of nitrogens with one attached hydrogen (secondary N) is 3. The van der Waals surface area contributed by atoms with Gasteiger partial charge in [-0.15, -0.1) is 0 Å². The standard InChI is InChI=1S/C28H24ClF3N6O4S/c1-17-4-2-3-5-22(17)43(40,41)38-23(39)18-6-12-21(13-7-18)33-24-34-25(36-26(35-24)42-16-28(30,31)32)37-27(14-15-27)19-8-10-20(29)11-9-19/h2-13H,14-16H2,1H3,(H,38,39)(H2,33,34,35,36,37). The molecule has 0 atom stereocenters. The Morgan fingerprint density at radius 3 is 2.23 bits per heavy atom. The van der Waals surface area contributed by atoms with E-state index in [1.807, 2.05) is 16.9 Å². The maximum absolute atomic E-state index is 12.8. The molecule has 4 aromatic rings. The van der Waals surface area contributed by atoms with Gasteiger partial charge in [-0.05, 0) is 73.4 Å². The second kappa shape index (κ2) is 11.7. The number of carbonyl (C=O) groups excluding carboxylic acids is 1. The minimum Gasteiger partial charge on any atom is -0.454 e. The Kier molecular flexibility index (Phi) is 8.16. The predicted molar refractivity (Wildman–Crippen MR) is 153 cm³/mol. The fourth-order valence-corrected chi connectivity index (χ4v) is 5.55. The first-order chi connectivity index (χ1) is 20.3. The van der Waals surface area contributed by atoms with Gasteiger partial charge in [0.1, 0.15) is 0 Å². The maximum Gasteiger partial charge on any atom is 0.422 e. The van der Waals surface area contributed by atoms with Crippen LogP contribution in [0.3, 0.4) is 0 Å². The molecule has 5 rings (SSSR count). The first kappa shape index (κ1) is 30.0. The lowest BCUT2D eigenvalue weighted by Crippen LogP contribution is -2.31. The number of alkyl halides is 3. The highest BCUT2D eigenvalue weighted by molar-refractivity contribution is 7.90. The van der Waals surface area contributed by atoms with Crippen LogP contribution in [0.2, 0.25) is 5.02 Å². The minimum atomic E-state index is -4.61. The number of hydrogen-bond acceptors (Lipinski definition) is 9. The molecule has 0 aliphatic heterocycles. The molecule has 1 aromatic heterocycles. The first-order valence-electron chi connectivity index (χ1n) is 12.8. The molecule has 0 bridgehead atoms. The van der Waals surface area contributed by atoms with Crippen molar-refractivity contribution in [3.05, 3.63) is 94.5 Å². The molecule has 0 spiro atoms. The van der Waals surface area contributed by atoms with E-state index >= 15 is 0 Å². The summed E-state index contributed by atoms with van der Waals surface area (Å²) >= 11 is 6.00. The average molecular weight is 633 g/mol. The molecule has 1 saturated carbocycles. The van der Waals surface area contributed by atoms with Crippen molar-refractivity contribution in [1.29, 1.82) is 0 Å². The highest BCUT2D eigenvalue weighted by Crippen LogP contribution is 2.48. The molecule has 0 radical (unpaired) electrons. The number of nitrogens with zero attached hydrogens (tertiary/aromatic N) is 3. The summed E-state index contributed by atoms with van der Waals surface area (Å²) in [5.41, 5.74) is 1.26. The number of ether oxygens (including phenoxy) is 1. The molecule has 3 aromatic carbocycles. The van der Waals surface area contributed by atoms with Crippen molar-refractivity contribution in [3.8, 4) is 6.01 Å². The van der Waals surface area contributed by atoms with Gasteiger partial charge in [0.2, 0.25) is 11.9 Å². The number of amides is 1. The number of halogens is 4. The van der Waals surface area contributed by atoms with Gasteiger partial charge in [0.25, 0.3) is 15.9 Å². The quantitative estimate of drug-likeness (QED) is 0.200. The van der Waals surface area contributed by atoms with Gasteiger partial charge in [0.15, 0.2) is 6.61 Å². The number of rotatable bonds is 10. The summed E-state index contributed by atoms with van der Waals surface area (Å²) in [7, 11) is -4.10. The van der Waals surface area contributed by atoms with E-state index < -0.39 is 40.3 Å². The van der Waals surface area contributed by atoms with Crippen LogP contribution in [0.5, 0.6) is 6.01 Å². The van der Waals surface area contributed by atoms with Crippen LogP contribution >= 0.6 is 11.6 Å². The normalized spacial score (nSPS) is 14.1. The molecule has 0 saturated heterocycles. The summed E-state index contributed by atoms with van der Waals surface area (Å²) in [6, 6.07) is 18.5. The maximum atomic E-state index is 12.8. The molecule has 1 heterocycles. The largest absolute Gasteiger partial charge is 0.454 e. The van der Waals surface area contributed by atoms with E-state index in [0.29, 0.717) is 16.3 Å². The second-order valence-corrected chi connectivity index (χ2v) is 11.9. The van der Waals surface area contributed by atoms with Crippen LogP contribution in [0.4, 0.5) is 30.8 Å². The van der Waals surface area contributed by atoms with Crippen molar-refractivity contribution in [2.45, 2.75) is 36.4 Å². The fraction of sp³-hybridized carbons (Fsp3) is 0.214. The average Bonchev–Trinajstić information content (AvgIpc) is 3.72. The molecular weight excluding hydrogens is 609 g/mol. The second-order valence-electron chi connectivity index (χ2n) is 9.79. The number of sulfonamides is 1. The van der Waals surface area contributed by atoms with Crippen LogP contribution in [0, 0.1) is 6.92 Å². The molecule has 3 N–H and O–H groups in total. The van der Waals surface area contributed by atoms with Gasteiger partial charge in [-0.1, -0.05) is 41.9 Å². The summed E-state index contributed by atoms with van der Waals surface area (Å²) < 4.78 is 70.7. The number of aryl methyl sites for hydroxylation is 1. The van der Waals surface area contributed by atoms with E-state index in [4.69, 9.17) is 16.3 Å². The molecule has 1 amide bonds. The van der Waals surface area contributed by atoms with E-state index in [1.54, 1.807) is 37.3 Å². The Labute approximate surface area is 249 Å². The Morgan fingerprint density at radius 2 is 1.60 bits per heavy atom. The third kappa shape index (κ3) is 7.51. The molecule has 1 fully saturated rings. The molecule has 1 aliphatic rings. The molecule has 0 unspecified atom stereocenters. The van der Waals surface area contributed by atoms with Gasteiger partial charge in [-0.3, -0.25) is 4.79 Å². The molecular formula is C28H24ClF3N6O4S. The van der Waals surface area contributed by atoms with Crippen molar-refractivity contribution in [3.63, 3.8) is 0 Å². The van der Waals surface area contributed by atoms with Gasteiger partial charge >= 0.3 is 12.2 Å². The third-order valence-electron chi connectivity index (χ3n) is 6.49. The summed E-state index contributed by atoms with van der Waals surface area (Å²) in [5.74, 6) is -0.985. The first-order valence-corrected chi connectivity index (χ1v) is 14.7. The monoisotopic (exact) mass is 632 g/mol. The summed E-state index contributed by atoms with van der Waals surface area (Å²) in [6.45, 7) is 0.0107. The lowest BCUT2D eigenvalue weighted by atomic mass is 10.1. The van der Waals surface area contributed by atoms with Crippen molar-refractivity contribution in [2.24, 2.45) is 0 Å². The molecule has 43 heavy (non-hydrogen) atoms. The lowest BCUT2D eigenvalue weighted by Gasteiger charge is -2.19. The van der Waals surface area contributed by atoms with Crippen LogP contribution in [-0.2, 0) is 15.6 Å². The van der Waals surface area contributed by atoms with E-state index in [-0.39, 0.29) is 22.4 Å². The SMILES string of the molecule is Cc1ccccc1S(=O)(=O)NC(=O)c1ccc(Nc2nc(NC3(c4ccc(Cl)cc4)CC3)nc(OCC(F)(F)F)n2)cc1. The van der Waals surface area contributed by atoms with Gasteiger partial charge in [0, 0.05) is 16.3 Å². The van der Waals surface area contributed by atoms with Gasteiger partial charge in [-0.2, -0.15) is 28.1 Å². The Bertz CT molecular complexity index is 1750. The Hall–Kier alpha value is -4.43. The third-order valence-corrected chi connectivity index (χ3v) is 8.23.